The van der Waals surface area contributed by atoms with Gasteiger partial charge in [-0.1, -0.05) is 12.1 Å². The second-order valence-electron chi connectivity index (χ2n) is 5.20. The molecule has 1 aliphatic heterocycles. The number of hydrogen-bond donors (Lipinski definition) is 0. The average molecular weight is 266 g/mol. The summed E-state index contributed by atoms with van der Waals surface area (Å²) in [5.41, 5.74) is 2.96. The number of rotatable bonds is 3. The lowest BCUT2D eigenvalue weighted by Gasteiger charge is -2.08. The van der Waals surface area contributed by atoms with E-state index >= 15 is 0 Å². The lowest BCUT2D eigenvalue weighted by molar-refractivity contribution is 0.0965. The van der Waals surface area contributed by atoms with E-state index in [4.69, 9.17) is 0 Å². The highest BCUT2D eigenvalue weighted by atomic mass is 32.2. The molecule has 1 aromatic rings. The smallest absolute Gasteiger partial charge is 0.163 e. The Labute approximate surface area is 108 Å². The number of carbonyl (C=O) groups is 1. The lowest BCUT2D eigenvalue weighted by atomic mass is 9.96. The van der Waals surface area contributed by atoms with Crippen molar-refractivity contribution in [2.24, 2.45) is 5.92 Å². The zero-order valence-corrected chi connectivity index (χ0v) is 11.6. The minimum Gasteiger partial charge on any atom is -0.294 e. The van der Waals surface area contributed by atoms with E-state index in [1.54, 1.807) is 0 Å². The van der Waals surface area contributed by atoms with Crippen LogP contribution in [0.15, 0.2) is 18.2 Å². The molecule has 1 aliphatic rings. The number of sulfone groups is 1. The first-order valence-electron chi connectivity index (χ1n) is 6.18. The number of ketones is 1. The minimum atomic E-state index is -2.89. The number of Topliss-reactive ketones (excluding diaryl/α,β-unsaturated/α-hetero) is 1. The van der Waals surface area contributed by atoms with Crippen molar-refractivity contribution in [3.05, 3.63) is 34.9 Å². The van der Waals surface area contributed by atoms with E-state index in [0.29, 0.717) is 18.4 Å². The standard InChI is InChI=1S/C14H18O3S/c1-10-3-4-13(7-11(10)2)14(15)8-12-5-6-18(16,17)9-12/h3-4,7,12H,5-6,8-9H2,1-2H3. The van der Waals surface area contributed by atoms with Crippen LogP contribution in [0.1, 0.15) is 34.3 Å². The SMILES string of the molecule is Cc1ccc(C(=O)CC2CCS(=O)(=O)C2)cc1C. The maximum Gasteiger partial charge on any atom is 0.163 e. The summed E-state index contributed by atoms with van der Waals surface area (Å²) in [5, 5.41) is 0. The summed E-state index contributed by atoms with van der Waals surface area (Å²) < 4.78 is 22.7. The van der Waals surface area contributed by atoms with E-state index in [0.717, 1.165) is 11.1 Å². The van der Waals surface area contributed by atoms with E-state index in [1.165, 1.54) is 0 Å². The highest BCUT2D eigenvalue weighted by molar-refractivity contribution is 7.91. The van der Waals surface area contributed by atoms with Gasteiger partial charge in [0.25, 0.3) is 0 Å². The van der Waals surface area contributed by atoms with Gasteiger partial charge in [0.05, 0.1) is 11.5 Å². The van der Waals surface area contributed by atoms with Crippen molar-refractivity contribution in [1.82, 2.24) is 0 Å². The van der Waals surface area contributed by atoms with E-state index in [-0.39, 0.29) is 23.2 Å². The van der Waals surface area contributed by atoms with E-state index in [1.807, 2.05) is 32.0 Å². The van der Waals surface area contributed by atoms with Crippen LogP contribution in [-0.2, 0) is 9.84 Å². The molecule has 0 bridgehead atoms. The largest absolute Gasteiger partial charge is 0.294 e. The molecule has 0 spiro atoms. The van der Waals surface area contributed by atoms with Crippen LogP contribution >= 0.6 is 0 Å². The van der Waals surface area contributed by atoms with E-state index in [9.17, 15) is 13.2 Å². The van der Waals surface area contributed by atoms with Crippen molar-refractivity contribution in [1.29, 1.82) is 0 Å². The van der Waals surface area contributed by atoms with Gasteiger partial charge in [-0.3, -0.25) is 4.79 Å². The second-order valence-corrected chi connectivity index (χ2v) is 7.42. The first-order chi connectivity index (χ1) is 8.37. The minimum absolute atomic E-state index is 0.00380. The van der Waals surface area contributed by atoms with E-state index < -0.39 is 9.84 Å². The van der Waals surface area contributed by atoms with Gasteiger partial charge >= 0.3 is 0 Å². The molecule has 1 aromatic carbocycles. The maximum atomic E-state index is 12.1. The number of carbonyl (C=O) groups excluding carboxylic acids is 1. The molecule has 0 saturated carbocycles. The van der Waals surface area contributed by atoms with Gasteiger partial charge in [0.15, 0.2) is 15.6 Å². The Bertz CT molecular complexity index is 573. The molecule has 0 radical (unpaired) electrons. The molecular formula is C14H18O3S. The Morgan fingerprint density at radius 1 is 1.28 bits per heavy atom. The van der Waals surface area contributed by atoms with Gasteiger partial charge in [-0.05, 0) is 43.4 Å². The number of aryl methyl sites for hydroxylation is 2. The summed E-state index contributed by atoms with van der Waals surface area (Å²) in [6.07, 6.45) is 0.973. The predicted octanol–water partition coefficient (Wildman–Crippen LogP) is 2.31. The highest BCUT2D eigenvalue weighted by Gasteiger charge is 2.29. The molecule has 98 valence electrons. The third kappa shape index (κ3) is 2.99. The van der Waals surface area contributed by atoms with Crippen LogP contribution < -0.4 is 0 Å². The van der Waals surface area contributed by atoms with Gasteiger partial charge in [-0.2, -0.15) is 0 Å². The van der Waals surface area contributed by atoms with Crippen LogP contribution in [0.4, 0.5) is 0 Å². The second kappa shape index (κ2) is 4.84. The summed E-state index contributed by atoms with van der Waals surface area (Å²) in [6.45, 7) is 3.99. The highest BCUT2D eigenvalue weighted by Crippen LogP contribution is 2.23. The summed E-state index contributed by atoms with van der Waals surface area (Å²) in [6, 6.07) is 5.66. The molecule has 4 heteroatoms. The molecule has 1 fully saturated rings. The third-order valence-electron chi connectivity index (χ3n) is 3.63. The van der Waals surface area contributed by atoms with Gasteiger partial charge in [-0.15, -0.1) is 0 Å². The summed E-state index contributed by atoms with van der Waals surface area (Å²) >= 11 is 0. The molecule has 18 heavy (non-hydrogen) atoms. The molecule has 0 aromatic heterocycles. The number of hydrogen-bond acceptors (Lipinski definition) is 3. The van der Waals surface area contributed by atoms with Crippen LogP contribution in [0.5, 0.6) is 0 Å². The van der Waals surface area contributed by atoms with E-state index in [2.05, 4.69) is 0 Å². The molecule has 1 atom stereocenters. The summed E-state index contributed by atoms with van der Waals surface area (Å²) in [7, 11) is -2.89. The fourth-order valence-corrected chi connectivity index (χ4v) is 4.19. The molecule has 0 aliphatic carbocycles. The van der Waals surface area contributed by atoms with Crippen molar-refractivity contribution in [2.75, 3.05) is 11.5 Å². The summed E-state index contributed by atoms with van der Waals surface area (Å²) in [4.78, 5) is 12.1. The van der Waals surface area contributed by atoms with Gasteiger partial charge in [-0.25, -0.2) is 8.42 Å². The Morgan fingerprint density at radius 2 is 2.00 bits per heavy atom. The summed E-state index contributed by atoms with van der Waals surface area (Å²) in [5.74, 6) is 0.464. The van der Waals surface area contributed by atoms with Crippen LogP contribution in [0.3, 0.4) is 0 Å². The Balaban J connectivity index is 2.06. The van der Waals surface area contributed by atoms with Crippen LogP contribution in [0.25, 0.3) is 0 Å². The lowest BCUT2D eigenvalue weighted by Crippen LogP contribution is -2.11. The predicted molar refractivity (Wildman–Crippen MR) is 71.6 cm³/mol. The Morgan fingerprint density at radius 3 is 2.56 bits per heavy atom. The monoisotopic (exact) mass is 266 g/mol. The van der Waals surface area contributed by atoms with Crippen LogP contribution in [0, 0.1) is 19.8 Å². The van der Waals surface area contributed by atoms with Crippen molar-refractivity contribution in [3.8, 4) is 0 Å². The van der Waals surface area contributed by atoms with Crippen molar-refractivity contribution in [2.45, 2.75) is 26.7 Å². The molecule has 0 amide bonds. The normalized spacial score (nSPS) is 22.0. The molecule has 1 saturated heterocycles. The van der Waals surface area contributed by atoms with Crippen LogP contribution in [-0.4, -0.2) is 25.7 Å². The third-order valence-corrected chi connectivity index (χ3v) is 5.47. The van der Waals surface area contributed by atoms with Gasteiger partial charge in [0.2, 0.25) is 0 Å². The number of benzene rings is 1. The zero-order chi connectivity index (χ0) is 13.3. The fourth-order valence-electron chi connectivity index (χ4n) is 2.33. The van der Waals surface area contributed by atoms with Gasteiger partial charge in [0.1, 0.15) is 0 Å². The molecule has 2 rings (SSSR count). The quantitative estimate of drug-likeness (QED) is 0.789. The Kier molecular flexibility index (Phi) is 3.57. The topological polar surface area (TPSA) is 51.2 Å². The Hall–Kier alpha value is -1.16. The maximum absolute atomic E-state index is 12.1. The average Bonchev–Trinajstić information content (AvgIpc) is 2.62. The fraction of sp³-hybridized carbons (Fsp3) is 0.500. The zero-order valence-electron chi connectivity index (χ0n) is 10.8. The van der Waals surface area contributed by atoms with Crippen LogP contribution in [0.2, 0.25) is 0 Å². The van der Waals surface area contributed by atoms with Gasteiger partial charge in [0, 0.05) is 12.0 Å². The first-order valence-corrected chi connectivity index (χ1v) is 8.00. The van der Waals surface area contributed by atoms with Crippen molar-refractivity contribution >= 4 is 15.6 Å². The van der Waals surface area contributed by atoms with Gasteiger partial charge < -0.3 is 0 Å². The molecule has 1 heterocycles. The molecule has 1 unspecified atom stereocenters. The first kappa shape index (κ1) is 13.3. The van der Waals surface area contributed by atoms with Crippen molar-refractivity contribution in [3.63, 3.8) is 0 Å². The molecule has 0 N–H and O–H groups in total. The molecular weight excluding hydrogens is 248 g/mol. The molecule has 3 nitrogen and oxygen atoms in total. The van der Waals surface area contributed by atoms with Crippen molar-refractivity contribution < 1.29 is 13.2 Å².